The van der Waals surface area contributed by atoms with Crippen molar-refractivity contribution in [3.05, 3.63) is 75.5 Å². The van der Waals surface area contributed by atoms with E-state index in [9.17, 15) is 22.8 Å². The number of nitrogens with zero attached hydrogens (tertiary/aromatic N) is 6. The maximum Gasteiger partial charge on any atom is 0.410 e. The number of primary amides is 1. The Morgan fingerprint density at radius 1 is 1.09 bits per heavy atom. The van der Waals surface area contributed by atoms with Crippen LogP contribution in [-0.2, 0) is 25.5 Å². The second kappa shape index (κ2) is 15.1. The number of anilines is 1. The van der Waals surface area contributed by atoms with Gasteiger partial charge in [-0.1, -0.05) is 19.9 Å². The summed E-state index contributed by atoms with van der Waals surface area (Å²) in [5.74, 6) is -3.16. The zero-order valence-electron chi connectivity index (χ0n) is 30.6. The Labute approximate surface area is 306 Å². The van der Waals surface area contributed by atoms with Gasteiger partial charge in [-0.25, -0.2) is 27.9 Å². The summed E-state index contributed by atoms with van der Waals surface area (Å²) in [6, 6.07) is 5.88. The molecule has 1 aliphatic rings. The first-order valence-corrected chi connectivity index (χ1v) is 18.9. The van der Waals surface area contributed by atoms with Gasteiger partial charge in [0.25, 0.3) is 10.1 Å². The van der Waals surface area contributed by atoms with E-state index in [4.69, 9.17) is 14.7 Å². The van der Waals surface area contributed by atoms with Crippen LogP contribution in [0.15, 0.2) is 41.3 Å². The smallest absolute Gasteiger partial charge is 0.410 e. The molecule has 3 aromatic heterocycles. The molecule has 2 amide bonds. The third kappa shape index (κ3) is 8.62. The zero-order valence-corrected chi connectivity index (χ0v) is 31.5. The predicted octanol–water partition coefficient (Wildman–Crippen LogP) is 4.70. The summed E-state index contributed by atoms with van der Waals surface area (Å²) in [6.07, 6.45) is 2.48. The van der Waals surface area contributed by atoms with Crippen LogP contribution in [0.2, 0.25) is 0 Å². The second-order valence-corrected chi connectivity index (χ2v) is 15.9. The summed E-state index contributed by atoms with van der Waals surface area (Å²) < 4.78 is 66.7. The Kier molecular flexibility index (Phi) is 11.2. The maximum absolute atomic E-state index is 16.4. The highest BCUT2D eigenvalue weighted by Gasteiger charge is 2.33. The monoisotopic (exact) mass is 755 g/mol. The molecule has 1 atom stereocenters. The molecule has 4 aromatic rings. The molecule has 1 aliphatic heterocycles. The zero-order chi connectivity index (χ0) is 39.0. The van der Waals surface area contributed by atoms with Crippen molar-refractivity contribution in [3.8, 4) is 16.9 Å². The molecule has 1 unspecified atom stereocenters. The Morgan fingerprint density at radius 3 is 2.43 bits per heavy atom. The molecule has 1 saturated heterocycles. The van der Waals surface area contributed by atoms with Crippen LogP contribution in [0, 0.1) is 11.6 Å². The van der Waals surface area contributed by atoms with Crippen molar-refractivity contribution in [2.45, 2.75) is 71.9 Å². The first kappa shape index (κ1) is 39.2. The predicted molar refractivity (Wildman–Crippen MR) is 195 cm³/mol. The van der Waals surface area contributed by atoms with Crippen LogP contribution in [0.3, 0.4) is 0 Å². The number of amides is 2. The summed E-state index contributed by atoms with van der Waals surface area (Å²) in [5.41, 5.74) is 3.88. The molecule has 0 radical (unpaired) electrons. The van der Waals surface area contributed by atoms with E-state index >= 15 is 8.78 Å². The van der Waals surface area contributed by atoms with Gasteiger partial charge in [0.2, 0.25) is 5.91 Å². The first-order chi connectivity index (χ1) is 24.8. The minimum Gasteiger partial charge on any atom is -0.444 e. The van der Waals surface area contributed by atoms with Gasteiger partial charge in [0.1, 0.15) is 22.9 Å². The van der Waals surface area contributed by atoms with E-state index in [2.05, 4.69) is 15.0 Å². The number of hydrogen-bond donors (Lipinski definition) is 1. The lowest BCUT2D eigenvalue weighted by atomic mass is 10.0. The number of halogens is 2. The van der Waals surface area contributed by atoms with Crippen molar-refractivity contribution in [3.63, 3.8) is 0 Å². The number of fused-ring (bicyclic) bond motifs is 1. The number of aryl methyl sites for hydroxylation is 1. The van der Waals surface area contributed by atoms with Crippen molar-refractivity contribution in [1.82, 2.24) is 24.4 Å². The number of benzene rings is 1. The number of carbonyl (C=O) groups excluding carboxylic acids is 2. The van der Waals surface area contributed by atoms with Crippen molar-refractivity contribution in [1.29, 1.82) is 0 Å². The number of nitrogens with two attached hydrogens (primary N) is 1. The van der Waals surface area contributed by atoms with E-state index in [1.165, 1.54) is 16.7 Å². The summed E-state index contributed by atoms with van der Waals surface area (Å²) in [5, 5.41) is 0.0882. The number of piperazine rings is 1. The van der Waals surface area contributed by atoms with Gasteiger partial charge in [0, 0.05) is 31.9 Å². The molecule has 14 nitrogen and oxygen atoms in total. The average molecular weight is 756 g/mol. The molecule has 0 aliphatic carbocycles. The number of hydrogen-bond acceptors (Lipinski definition) is 11. The van der Waals surface area contributed by atoms with Gasteiger partial charge in [-0.05, 0) is 76.3 Å². The molecule has 1 aromatic carbocycles. The number of ether oxygens (including phenoxy) is 1. The maximum atomic E-state index is 16.4. The van der Waals surface area contributed by atoms with Crippen molar-refractivity contribution in [2.24, 2.45) is 5.73 Å². The highest BCUT2D eigenvalue weighted by atomic mass is 32.2. The lowest BCUT2D eigenvalue weighted by molar-refractivity contribution is 0.0218. The van der Waals surface area contributed by atoms with E-state index < -0.39 is 62.3 Å². The van der Waals surface area contributed by atoms with E-state index in [1.807, 2.05) is 20.8 Å². The quantitative estimate of drug-likeness (QED) is 0.175. The second-order valence-electron chi connectivity index (χ2n) is 14.2. The van der Waals surface area contributed by atoms with Crippen LogP contribution in [0.4, 0.5) is 19.4 Å². The van der Waals surface area contributed by atoms with Gasteiger partial charge in [-0.3, -0.25) is 14.0 Å². The standard InChI is InChI=1S/C36H43F2N7O7S/c1-20(2)28-30(22(13-14-40-28)10-9-17-51-53(7,49)50)45-33-24(18-26(38)29(41-33)27-23(31(39)46)11-8-12-25(27)37)32(42-34(45)47)44-16-15-43(19-21(44)3)35(48)52-36(4,5)6/h8,11-14,18,20-21H,9-10,15-17,19H2,1-7H3,(H2,39,46). The minimum atomic E-state index is -3.70. The Balaban J connectivity index is 1.76. The summed E-state index contributed by atoms with van der Waals surface area (Å²) in [7, 11) is -3.70. The molecular formula is C36H43F2N7O7S. The number of rotatable bonds is 10. The molecule has 284 valence electrons. The fourth-order valence-electron chi connectivity index (χ4n) is 6.30. The number of pyridine rings is 2. The van der Waals surface area contributed by atoms with Crippen molar-refractivity contribution in [2.75, 3.05) is 37.4 Å². The highest BCUT2D eigenvalue weighted by Crippen LogP contribution is 2.35. The van der Waals surface area contributed by atoms with Crippen LogP contribution < -0.4 is 16.3 Å². The lowest BCUT2D eigenvalue weighted by Crippen LogP contribution is -2.55. The van der Waals surface area contributed by atoms with Crippen LogP contribution in [-0.4, -0.2) is 89.0 Å². The molecule has 0 bridgehead atoms. The molecule has 5 rings (SSSR count). The van der Waals surface area contributed by atoms with Crippen molar-refractivity contribution < 1.29 is 35.7 Å². The molecular weight excluding hydrogens is 713 g/mol. The molecule has 0 saturated carbocycles. The van der Waals surface area contributed by atoms with Crippen LogP contribution >= 0.6 is 0 Å². The topological polar surface area (TPSA) is 180 Å². The largest absolute Gasteiger partial charge is 0.444 e. The minimum absolute atomic E-state index is 0.0808. The first-order valence-electron chi connectivity index (χ1n) is 17.1. The number of aromatic nitrogens is 4. The van der Waals surface area contributed by atoms with E-state index in [-0.39, 0.29) is 73.1 Å². The molecule has 0 spiro atoms. The molecule has 53 heavy (non-hydrogen) atoms. The summed E-state index contributed by atoms with van der Waals surface area (Å²) in [4.78, 5) is 56.6. The van der Waals surface area contributed by atoms with E-state index in [0.29, 0.717) is 11.3 Å². The molecule has 4 heterocycles. The van der Waals surface area contributed by atoms with Gasteiger partial charge in [-0.15, -0.1) is 0 Å². The van der Waals surface area contributed by atoms with Crippen molar-refractivity contribution >= 4 is 39.0 Å². The third-order valence-corrected chi connectivity index (χ3v) is 9.16. The fraction of sp³-hybridized carbons (Fsp3) is 0.444. The van der Waals surface area contributed by atoms with Crippen LogP contribution in [0.25, 0.3) is 28.0 Å². The van der Waals surface area contributed by atoms with E-state index in [0.717, 1.165) is 18.4 Å². The van der Waals surface area contributed by atoms with Gasteiger partial charge in [0.05, 0.1) is 40.8 Å². The van der Waals surface area contributed by atoms with Gasteiger partial charge >= 0.3 is 11.8 Å². The Bertz CT molecular complexity index is 2240. The van der Waals surface area contributed by atoms with Gasteiger partial charge < -0.3 is 20.3 Å². The molecule has 1 fully saturated rings. The van der Waals surface area contributed by atoms with Crippen LogP contribution in [0.1, 0.15) is 75.5 Å². The third-order valence-electron chi connectivity index (χ3n) is 8.56. The van der Waals surface area contributed by atoms with Gasteiger partial charge in [-0.2, -0.15) is 13.4 Å². The molecule has 2 N–H and O–H groups in total. The van der Waals surface area contributed by atoms with Crippen LogP contribution in [0.5, 0.6) is 0 Å². The SMILES string of the molecule is CC(C)c1nccc(CCCOS(C)(=O)=O)c1-n1c(=O)nc(N2CCN(C(=O)OC(C)(C)C)CC2C)c2cc(F)c(-c3c(F)cccc3C(N)=O)nc21. The Hall–Kier alpha value is -5.03. The summed E-state index contributed by atoms with van der Waals surface area (Å²) >= 11 is 0. The highest BCUT2D eigenvalue weighted by molar-refractivity contribution is 7.85. The normalized spacial score (nSPS) is 15.3. The average Bonchev–Trinajstić information content (AvgIpc) is 3.05. The lowest BCUT2D eigenvalue weighted by Gasteiger charge is -2.41. The summed E-state index contributed by atoms with van der Waals surface area (Å²) in [6.45, 7) is 11.3. The number of carbonyl (C=O) groups is 2. The van der Waals surface area contributed by atoms with Gasteiger partial charge in [0.15, 0.2) is 11.5 Å². The van der Waals surface area contributed by atoms with E-state index in [1.54, 1.807) is 42.8 Å². The molecule has 17 heteroatoms. The fourth-order valence-corrected chi connectivity index (χ4v) is 6.72. The Morgan fingerprint density at radius 2 is 1.81 bits per heavy atom.